The molecule has 3 N–H and O–H groups in total. The number of carbonyl (C=O) groups is 2. The van der Waals surface area contributed by atoms with Gasteiger partial charge in [-0.2, -0.15) is 13.2 Å². The molecule has 204 valence electrons. The van der Waals surface area contributed by atoms with Gasteiger partial charge in [-0.3, -0.25) is 9.36 Å². The SMILES string of the molecule is COC1C(O)[C@@H](Cn2nnc(C(=O)O)c2C(F)(F)F)O[C@H]1n1cnc2c(NC(=O)c3ccccc3)ncnc21. The number of nitrogens with zero attached hydrogens (tertiary/aromatic N) is 7. The van der Waals surface area contributed by atoms with Gasteiger partial charge in [-0.05, 0) is 12.1 Å². The molecule has 0 saturated carbocycles. The van der Waals surface area contributed by atoms with Crippen molar-refractivity contribution in [2.75, 3.05) is 12.4 Å². The quantitative estimate of drug-likeness (QED) is 0.304. The highest BCUT2D eigenvalue weighted by Gasteiger charge is 2.48. The number of ether oxygens (including phenoxy) is 2. The van der Waals surface area contributed by atoms with Crippen molar-refractivity contribution < 1.29 is 42.4 Å². The Morgan fingerprint density at radius 2 is 1.92 bits per heavy atom. The van der Waals surface area contributed by atoms with Crippen LogP contribution in [0.4, 0.5) is 19.0 Å². The number of anilines is 1. The van der Waals surface area contributed by atoms with Crippen LogP contribution in [0.1, 0.15) is 32.8 Å². The molecule has 0 radical (unpaired) electrons. The molecule has 4 aromatic rings. The van der Waals surface area contributed by atoms with E-state index in [0.717, 1.165) is 0 Å². The lowest BCUT2D eigenvalue weighted by Gasteiger charge is -2.19. The molecule has 3 aromatic heterocycles. The van der Waals surface area contributed by atoms with Crippen LogP contribution in [-0.2, 0) is 22.2 Å². The third-order valence-electron chi connectivity index (χ3n) is 6.04. The number of carbonyl (C=O) groups excluding carboxylic acids is 1. The smallest absolute Gasteiger partial charge is 0.435 e. The molecule has 39 heavy (non-hydrogen) atoms. The Balaban J connectivity index is 1.43. The Kier molecular flexibility index (Phi) is 6.71. The first-order valence-corrected chi connectivity index (χ1v) is 11.2. The van der Waals surface area contributed by atoms with E-state index in [1.165, 1.54) is 24.3 Å². The van der Waals surface area contributed by atoms with Crippen LogP contribution in [-0.4, -0.2) is 82.0 Å². The third-order valence-corrected chi connectivity index (χ3v) is 6.04. The van der Waals surface area contributed by atoms with Crippen molar-refractivity contribution in [3.8, 4) is 0 Å². The number of hydrogen-bond donors (Lipinski definition) is 3. The van der Waals surface area contributed by atoms with Crippen molar-refractivity contribution in [2.45, 2.75) is 37.3 Å². The van der Waals surface area contributed by atoms with Crippen molar-refractivity contribution in [1.82, 2.24) is 34.5 Å². The normalized spacial score (nSPS) is 21.4. The predicted molar refractivity (Wildman–Crippen MR) is 122 cm³/mol. The summed E-state index contributed by atoms with van der Waals surface area (Å²) in [5.41, 5.74) is -2.14. The Morgan fingerprint density at radius 3 is 2.59 bits per heavy atom. The second-order valence-electron chi connectivity index (χ2n) is 8.39. The van der Waals surface area contributed by atoms with Crippen LogP contribution in [0.3, 0.4) is 0 Å². The minimum atomic E-state index is -5.08. The number of aliphatic hydroxyl groups is 1. The lowest BCUT2D eigenvalue weighted by atomic mass is 10.1. The van der Waals surface area contributed by atoms with E-state index >= 15 is 0 Å². The van der Waals surface area contributed by atoms with Crippen LogP contribution in [0.25, 0.3) is 11.2 Å². The van der Waals surface area contributed by atoms with Gasteiger partial charge in [-0.15, -0.1) is 5.10 Å². The van der Waals surface area contributed by atoms with Gasteiger partial charge in [0.05, 0.1) is 12.9 Å². The number of benzene rings is 1. The molecule has 14 nitrogen and oxygen atoms in total. The zero-order valence-corrected chi connectivity index (χ0v) is 19.8. The van der Waals surface area contributed by atoms with E-state index in [0.29, 0.717) is 10.2 Å². The van der Waals surface area contributed by atoms with Gasteiger partial charge in [0, 0.05) is 12.7 Å². The summed E-state index contributed by atoms with van der Waals surface area (Å²) in [5, 5.41) is 29.0. The van der Waals surface area contributed by atoms with E-state index in [2.05, 4.69) is 30.6 Å². The maximum absolute atomic E-state index is 13.6. The number of hydrogen-bond acceptors (Lipinski definition) is 10. The molecule has 0 bridgehead atoms. The standard InChI is InChI=1S/C22H19F3N8O6/c1-38-15-14(34)11(7-33-16(22(23,24)25)12(21(36)37)30-31-33)39-20(15)32-9-28-13-17(26-8-27-18(13)32)29-19(35)10-5-3-2-4-6-10/h2-6,8-9,11,14-15,20,34H,7H2,1H3,(H,36,37)(H,26,27,29,35)/t11-,14?,15?,20-/m1/s1. The second-order valence-corrected chi connectivity index (χ2v) is 8.39. The van der Waals surface area contributed by atoms with Gasteiger partial charge in [0.1, 0.15) is 24.6 Å². The zero-order chi connectivity index (χ0) is 27.9. The van der Waals surface area contributed by atoms with E-state index in [9.17, 15) is 27.9 Å². The fourth-order valence-corrected chi connectivity index (χ4v) is 4.28. The van der Waals surface area contributed by atoms with E-state index in [1.54, 1.807) is 30.3 Å². The maximum atomic E-state index is 13.6. The van der Waals surface area contributed by atoms with Crippen molar-refractivity contribution in [2.24, 2.45) is 0 Å². The zero-order valence-electron chi connectivity index (χ0n) is 19.8. The molecule has 1 saturated heterocycles. The summed E-state index contributed by atoms with van der Waals surface area (Å²) in [5.74, 6) is -2.26. The number of alkyl halides is 3. The van der Waals surface area contributed by atoms with E-state index in [1.807, 2.05) is 0 Å². The van der Waals surface area contributed by atoms with Gasteiger partial charge in [-0.1, -0.05) is 23.4 Å². The Morgan fingerprint density at radius 1 is 1.18 bits per heavy atom. The van der Waals surface area contributed by atoms with Crippen molar-refractivity contribution in [3.63, 3.8) is 0 Å². The van der Waals surface area contributed by atoms with E-state index in [-0.39, 0.29) is 17.0 Å². The molecule has 1 fully saturated rings. The average molecular weight is 548 g/mol. The molecule has 5 rings (SSSR count). The lowest BCUT2D eigenvalue weighted by molar-refractivity contribution is -0.146. The highest BCUT2D eigenvalue weighted by atomic mass is 19.4. The largest absolute Gasteiger partial charge is 0.476 e. The molecule has 0 aliphatic carbocycles. The number of amides is 1. The highest BCUT2D eigenvalue weighted by Crippen LogP contribution is 2.36. The van der Waals surface area contributed by atoms with Crippen LogP contribution in [0, 0.1) is 0 Å². The van der Waals surface area contributed by atoms with Crippen LogP contribution in [0.2, 0.25) is 0 Å². The topological polar surface area (TPSA) is 179 Å². The summed E-state index contributed by atoms with van der Waals surface area (Å²) in [6.45, 7) is -0.688. The number of fused-ring (bicyclic) bond motifs is 1. The first kappa shape index (κ1) is 26.1. The summed E-state index contributed by atoms with van der Waals surface area (Å²) < 4.78 is 53.7. The predicted octanol–water partition coefficient (Wildman–Crippen LogP) is 1.36. The number of aromatic nitrogens is 7. The van der Waals surface area contributed by atoms with Crippen molar-refractivity contribution in [1.29, 1.82) is 0 Å². The van der Waals surface area contributed by atoms with Crippen molar-refractivity contribution in [3.05, 3.63) is 59.9 Å². The minimum Gasteiger partial charge on any atom is -0.476 e. The Bertz CT molecular complexity index is 1530. The van der Waals surface area contributed by atoms with Gasteiger partial charge in [0.25, 0.3) is 5.91 Å². The molecular formula is C22H19F3N8O6. The first-order valence-electron chi connectivity index (χ1n) is 11.2. The number of halogens is 3. The molecule has 1 aliphatic heterocycles. The fraction of sp³-hybridized carbons (Fsp3) is 0.318. The van der Waals surface area contributed by atoms with E-state index < -0.39 is 60.5 Å². The van der Waals surface area contributed by atoms with Crippen LogP contribution < -0.4 is 5.32 Å². The molecule has 17 heteroatoms. The molecule has 4 heterocycles. The van der Waals surface area contributed by atoms with Crippen LogP contribution in [0.5, 0.6) is 0 Å². The number of imidazole rings is 1. The number of nitrogens with one attached hydrogen (secondary N) is 1. The summed E-state index contributed by atoms with van der Waals surface area (Å²) in [6, 6.07) is 8.38. The summed E-state index contributed by atoms with van der Waals surface area (Å²) in [7, 11) is 1.27. The third kappa shape index (κ3) is 4.77. The van der Waals surface area contributed by atoms with Crippen molar-refractivity contribution >= 4 is 28.9 Å². The Hall–Kier alpha value is -4.48. The van der Waals surface area contributed by atoms with Gasteiger partial charge in [-0.25, -0.2) is 24.4 Å². The van der Waals surface area contributed by atoms with Gasteiger partial charge in [0.15, 0.2) is 28.9 Å². The molecule has 4 atom stereocenters. The summed E-state index contributed by atoms with van der Waals surface area (Å²) in [6.07, 6.45) is -7.62. The number of carboxylic acids is 1. The number of carboxylic acid groups (broad SMARTS) is 1. The second kappa shape index (κ2) is 10.0. The van der Waals surface area contributed by atoms with Crippen LogP contribution >= 0.6 is 0 Å². The van der Waals surface area contributed by atoms with Crippen LogP contribution in [0.15, 0.2) is 43.0 Å². The lowest BCUT2D eigenvalue weighted by Crippen LogP contribution is -2.36. The maximum Gasteiger partial charge on any atom is 0.435 e. The van der Waals surface area contributed by atoms with Gasteiger partial charge < -0.3 is 25.0 Å². The highest BCUT2D eigenvalue weighted by molar-refractivity contribution is 6.06. The number of rotatable bonds is 7. The number of methoxy groups -OCH3 is 1. The monoisotopic (exact) mass is 548 g/mol. The number of aromatic carboxylic acids is 1. The molecular weight excluding hydrogens is 529 g/mol. The average Bonchev–Trinajstić information content (AvgIpc) is 3.60. The molecule has 1 aliphatic rings. The molecule has 0 spiro atoms. The van der Waals surface area contributed by atoms with E-state index in [4.69, 9.17) is 14.6 Å². The molecule has 1 amide bonds. The molecule has 1 aromatic carbocycles. The first-order chi connectivity index (χ1) is 18.6. The minimum absolute atomic E-state index is 0.0929. The summed E-state index contributed by atoms with van der Waals surface area (Å²) in [4.78, 5) is 36.3. The van der Waals surface area contributed by atoms with Gasteiger partial charge in [0.2, 0.25) is 5.69 Å². The fourth-order valence-electron chi connectivity index (χ4n) is 4.28. The molecule has 2 unspecified atom stereocenters. The Labute approximate surface area is 216 Å². The summed E-state index contributed by atoms with van der Waals surface area (Å²) >= 11 is 0. The van der Waals surface area contributed by atoms with Gasteiger partial charge >= 0.3 is 12.1 Å². The number of aliphatic hydroxyl groups excluding tert-OH is 1.